The van der Waals surface area contributed by atoms with Crippen LogP contribution in [0.25, 0.3) is 22.7 Å². The van der Waals surface area contributed by atoms with Gasteiger partial charge in [0.05, 0.1) is 11.2 Å². The second-order valence-corrected chi connectivity index (χ2v) is 5.30. The van der Waals surface area contributed by atoms with E-state index in [1.165, 1.54) is 18.5 Å². The Kier molecular flexibility index (Phi) is 4.24. The number of fused-ring (bicyclic) bond motifs is 1. The number of ether oxygens (including phenoxy) is 1. The summed E-state index contributed by atoms with van der Waals surface area (Å²) in [5, 5.41) is 5.17. The van der Waals surface area contributed by atoms with Gasteiger partial charge in [-0.3, -0.25) is 9.59 Å². The molecular formula is C19H16N2O3. The van der Waals surface area contributed by atoms with E-state index < -0.39 is 5.97 Å². The lowest BCUT2D eigenvalue weighted by Crippen LogP contribution is -2.07. The molecule has 24 heavy (non-hydrogen) atoms. The highest BCUT2D eigenvalue weighted by atomic mass is 16.5. The van der Waals surface area contributed by atoms with Crippen molar-refractivity contribution in [1.82, 2.24) is 9.78 Å². The maximum atomic E-state index is 11.8. The maximum absolute atomic E-state index is 11.8. The van der Waals surface area contributed by atoms with Gasteiger partial charge in [0.2, 0.25) is 5.91 Å². The van der Waals surface area contributed by atoms with Gasteiger partial charge < -0.3 is 4.74 Å². The van der Waals surface area contributed by atoms with E-state index in [0.29, 0.717) is 17.0 Å². The first kappa shape index (κ1) is 15.7. The lowest BCUT2D eigenvalue weighted by Gasteiger charge is -2.06. The van der Waals surface area contributed by atoms with Crippen molar-refractivity contribution in [2.24, 2.45) is 0 Å². The highest BCUT2D eigenvalue weighted by Crippen LogP contribution is 2.24. The summed E-state index contributed by atoms with van der Waals surface area (Å²) in [5.74, 6) is -0.206. The fourth-order valence-corrected chi connectivity index (χ4v) is 2.49. The van der Waals surface area contributed by atoms with Crippen LogP contribution in [-0.2, 0) is 9.53 Å². The Balaban J connectivity index is 2.18. The number of esters is 1. The Labute approximate surface area is 139 Å². The van der Waals surface area contributed by atoms with Gasteiger partial charge in [0.15, 0.2) is 0 Å². The minimum Gasteiger partial charge on any atom is -0.426 e. The SMILES string of the molecule is CC(=O)OC(=Cc1nn(C(C)=O)c2ccccc12)c1ccccc1. The molecule has 1 aromatic heterocycles. The molecule has 0 bridgehead atoms. The molecule has 0 N–H and O–H groups in total. The van der Waals surface area contributed by atoms with Crippen LogP contribution in [0.1, 0.15) is 29.9 Å². The number of para-hydroxylation sites is 1. The zero-order valence-corrected chi connectivity index (χ0v) is 13.4. The zero-order valence-electron chi connectivity index (χ0n) is 13.4. The van der Waals surface area contributed by atoms with E-state index >= 15 is 0 Å². The van der Waals surface area contributed by atoms with E-state index in [1.807, 2.05) is 54.6 Å². The molecule has 5 nitrogen and oxygen atoms in total. The molecule has 0 unspecified atom stereocenters. The molecule has 0 radical (unpaired) electrons. The van der Waals surface area contributed by atoms with Crippen LogP contribution in [0.15, 0.2) is 54.6 Å². The molecule has 0 amide bonds. The fraction of sp³-hybridized carbons (Fsp3) is 0.105. The molecule has 0 aliphatic carbocycles. The summed E-state index contributed by atoms with van der Waals surface area (Å²) < 4.78 is 6.69. The van der Waals surface area contributed by atoms with Crippen molar-refractivity contribution in [3.63, 3.8) is 0 Å². The van der Waals surface area contributed by atoms with Gasteiger partial charge in [-0.1, -0.05) is 48.5 Å². The topological polar surface area (TPSA) is 61.2 Å². The van der Waals surface area contributed by atoms with Crippen LogP contribution in [0, 0.1) is 0 Å². The monoisotopic (exact) mass is 320 g/mol. The van der Waals surface area contributed by atoms with E-state index in [1.54, 1.807) is 6.08 Å². The van der Waals surface area contributed by atoms with Gasteiger partial charge in [-0.2, -0.15) is 9.78 Å². The lowest BCUT2D eigenvalue weighted by molar-refractivity contribution is -0.134. The lowest BCUT2D eigenvalue weighted by atomic mass is 10.1. The number of hydrogen-bond donors (Lipinski definition) is 0. The third kappa shape index (κ3) is 3.10. The van der Waals surface area contributed by atoms with Crippen LogP contribution in [0.5, 0.6) is 0 Å². The first-order valence-electron chi connectivity index (χ1n) is 7.50. The van der Waals surface area contributed by atoms with Crippen molar-refractivity contribution in [3.05, 3.63) is 65.9 Å². The number of benzene rings is 2. The Morgan fingerprint density at radius 2 is 1.67 bits per heavy atom. The number of hydrogen-bond acceptors (Lipinski definition) is 4. The third-order valence-electron chi connectivity index (χ3n) is 3.49. The zero-order chi connectivity index (χ0) is 17.1. The van der Waals surface area contributed by atoms with Crippen LogP contribution < -0.4 is 0 Å². The number of carbonyl (C=O) groups is 2. The highest BCUT2D eigenvalue weighted by molar-refractivity contribution is 5.97. The molecule has 0 saturated heterocycles. The summed E-state index contributed by atoms with van der Waals surface area (Å²) in [7, 11) is 0. The minimum absolute atomic E-state index is 0.181. The van der Waals surface area contributed by atoms with E-state index in [0.717, 1.165) is 10.9 Å². The first-order chi connectivity index (χ1) is 11.6. The average Bonchev–Trinajstić information content (AvgIpc) is 2.94. The Morgan fingerprint density at radius 1 is 1.00 bits per heavy atom. The van der Waals surface area contributed by atoms with Gasteiger partial charge in [0, 0.05) is 30.9 Å². The number of aromatic nitrogens is 2. The van der Waals surface area contributed by atoms with Crippen molar-refractivity contribution in [1.29, 1.82) is 0 Å². The van der Waals surface area contributed by atoms with Crippen LogP contribution in [0.2, 0.25) is 0 Å². The highest BCUT2D eigenvalue weighted by Gasteiger charge is 2.14. The second-order valence-electron chi connectivity index (χ2n) is 5.30. The van der Waals surface area contributed by atoms with Crippen LogP contribution in [0.4, 0.5) is 0 Å². The smallest absolute Gasteiger partial charge is 0.308 e. The van der Waals surface area contributed by atoms with Crippen LogP contribution in [0.3, 0.4) is 0 Å². The van der Waals surface area contributed by atoms with Gasteiger partial charge >= 0.3 is 5.97 Å². The van der Waals surface area contributed by atoms with E-state index in [9.17, 15) is 9.59 Å². The predicted octanol–water partition coefficient (Wildman–Crippen LogP) is 3.76. The first-order valence-corrected chi connectivity index (χ1v) is 7.50. The molecule has 3 rings (SSSR count). The van der Waals surface area contributed by atoms with Gasteiger partial charge in [-0.05, 0) is 6.07 Å². The Hall–Kier alpha value is -3.21. The quantitative estimate of drug-likeness (QED) is 0.544. The molecule has 5 heteroatoms. The van der Waals surface area contributed by atoms with E-state index in [4.69, 9.17) is 4.74 Å². The standard InChI is InChI=1S/C19H16N2O3/c1-13(22)21-18-11-7-6-10-16(18)17(20-21)12-19(24-14(2)23)15-8-4-3-5-9-15/h3-12H,1-2H3. The average molecular weight is 320 g/mol. The molecule has 0 aliphatic rings. The third-order valence-corrected chi connectivity index (χ3v) is 3.49. The van der Waals surface area contributed by atoms with Crippen molar-refractivity contribution in [2.45, 2.75) is 13.8 Å². The van der Waals surface area contributed by atoms with Gasteiger partial charge in [0.25, 0.3) is 0 Å². The van der Waals surface area contributed by atoms with Gasteiger partial charge in [-0.25, -0.2) is 0 Å². The van der Waals surface area contributed by atoms with Gasteiger partial charge in [-0.15, -0.1) is 0 Å². The summed E-state index contributed by atoms with van der Waals surface area (Å²) in [4.78, 5) is 23.3. The van der Waals surface area contributed by atoms with Crippen LogP contribution in [-0.4, -0.2) is 21.7 Å². The van der Waals surface area contributed by atoms with E-state index in [2.05, 4.69) is 5.10 Å². The van der Waals surface area contributed by atoms with Crippen molar-refractivity contribution < 1.29 is 14.3 Å². The molecule has 3 aromatic rings. The molecule has 0 aliphatic heterocycles. The Bertz CT molecular complexity index is 940. The summed E-state index contributed by atoms with van der Waals surface area (Å²) in [5.41, 5.74) is 2.04. The van der Waals surface area contributed by atoms with E-state index in [-0.39, 0.29) is 5.91 Å². The second kappa shape index (κ2) is 6.50. The molecule has 2 aromatic carbocycles. The minimum atomic E-state index is -0.416. The number of nitrogens with zero attached hydrogens (tertiary/aromatic N) is 2. The maximum Gasteiger partial charge on any atom is 0.308 e. The van der Waals surface area contributed by atoms with Crippen molar-refractivity contribution >= 4 is 34.6 Å². The fourth-order valence-electron chi connectivity index (χ4n) is 2.49. The summed E-state index contributed by atoms with van der Waals surface area (Å²) >= 11 is 0. The molecule has 1 heterocycles. The summed E-state index contributed by atoms with van der Waals surface area (Å²) in [6, 6.07) is 16.7. The molecule has 0 spiro atoms. The molecule has 0 fully saturated rings. The van der Waals surface area contributed by atoms with Crippen molar-refractivity contribution in [2.75, 3.05) is 0 Å². The number of carbonyl (C=O) groups excluding carboxylic acids is 2. The molecule has 0 atom stereocenters. The normalized spacial score (nSPS) is 11.5. The van der Waals surface area contributed by atoms with Gasteiger partial charge in [0.1, 0.15) is 5.76 Å². The predicted molar refractivity (Wildman–Crippen MR) is 92.1 cm³/mol. The van der Waals surface area contributed by atoms with Crippen molar-refractivity contribution in [3.8, 4) is 0 Å². The number of rotatable bonds is 3. The molecular weight excluding hydrogens is 304 g/mol. The summed E-state index contributed by atoms with van der Waals surface area (Å²) in [6.45, 7) is 2.81. The summed E-state index contributed by atoms with van der Waals surface area (Å²) in [6.07, 6.45) is 1.68. The Morgan fingerprint density at radius 3 is 2.33 bits per heavy atom. The molecule has 0 saturated carbocycles. The largest absolute Gasteiger partial charge is 0.426 e. The molecule has 120 valence electrons. The van der Waals surface area contributed by atoms with Crippen LogP contribution >= 0.6 is 0 Å².